The van der Waals surface area contributed by atoms with E-state index in [0.29, 0.717) is 50.3 Å². The van der Waals surface area contributed by atoms with Crippen LogP contribution in [0.3, 0.4) is 0 Å². The molecule has 3 N–H and O–H groups in total. The summed E-state index contributed by atoms with van der Waals surface area (Å²) in [6.45, 7) is 24.4. The van der Waals surface area contributed by atoms with Gasteiger partial charge in [-0.05, 0) is 149 Å². The fourth-order valence-corrected chi connectivity index (χ4v) is 18.2. The lowest BCUT2D eigenvalue weighted by Crippen LogP contribution is -2.35. The van der Waals surface area contributed by atoms with Crippen molar-refractivity contribution in [2.24, 2.45) is 0 Å². The first-order valence-corrected chi connectivity index (χ1v) is 39.1. The summed E-state index contributed by atoms with van der Waals surface area (Å²) in [6.07, 6.45) is 16.1. The van der Waals surface area contributed by atoms with Gasteiger partial charge in [-0.2, -0.15) is 31.6 Å². The maximum atomic E-state index is 13.3. The van der Waals surface area contributed by atoms with Crippen molar-refractivity contribution in [3.63, 3.8) is 0 Å². The second-order valence-electron chi connectivity index (χ2n) is 21.8. The quantitative estimate of drug-likeness (QED) is 0.0588. The molecule has 11 rings (SSSR count). The standard InChI is InChI=1S/C21H16N4OS.C20H12F6O5S2.C16H15NO2S3.C14H13N3OS2/c1-23-20(21(26)24-15-10-8-14(13-22)9-11-15)17-12-19(25(2)3)27-18-7-5-4-6-16(17)18;21-19(22,23)32(27,28)18(33(29,30)20(24,25)26)15-11-16(13-7-3-1-4-8-13)31-17(12-15)14-9-5-2-6-10-14;1-17-16(14-7-8-15(21-14)22(2,18)19)12-9-10-20-13-6-4-3-5-11(12)13;1-9-7-10(11(19-3)8-20-9)13(15-2)14(18)17-12-5-4-6-16-12/h4-12H,2-3H3,(H,24,26);1-12H;7-10H,3-6H2,2H3;4-8,16H,1,3H3,(H,17,18)/b20-17+;;16-12-;13-10-. The van der Waals surface area contributed by atoms with Gasteiger partial charge in [-0.1, -0.05) is 109 Å². The monoisotopic (exact) mass is 1530 g/mol. The number of ether oxygens (including phenoxy) is 1. The van der Waals surface area contributed by atoms with E-state index in [1.165, 1.54) is 94.8 Å². The second-order valence-corrected chi connectivity index (χ2v) is 33.1. The fourth-order valence-electron chi connectivity index (χ4n) is 9.74. The largest absolute Gasteiger partial charge is 0.502 e. The molecule has 0 bridgehead atoms. The van der Waals surface area contributed by atoms with E-state index in [2.05, 4.69) is 30.2 Å². The molecular weight excluding hydrogens is 1480 g/mol. The molecule has 0 spiro atoms. The summed E-state index contributed by atoms with van der Waals surface area (Å²) in [4.78, 5) is 45.6. The minimum Gasteiger partial charge on any atom is -0.456 e. The Morgan fingerprint density at radius 1 is 0.686 bits per heavy atom. The van der Waals surface area contributed by atoms with Crippen molar-refractivity contribution in [1.82, 2.24) is 9.88 Å². The lowest BCUT2D eigenvalue weighted by Gasteiger charge is -2.24. The number of rotatable bonds is 12. The Balaban J connectivity index is 0.000000176. The minimum atomic E-state index is -6.96. The van der Waals surface area contributed by atoms with Crippen LogP contribution >= 0.6 is 58.4 Å². The molecule has 524 valence electrons. The SMILES string of the molecule is O=S(=O)(C(=C1C=C(c2ccccc2)OC(c2ccccc2)=C1)S(=O)(=O)C(F)(F)F)C(F)(F)F.[C-]#[N+]/C(=C1/C=CSC2=C1CCCC2)c1ccc(S(C)(=O)=O)s1.[C-]#[N+]/C(C(=O)Nc1ccc(C#N)cc1)=C1\C=C(N(C)C)Sc2ccccc21.[C-]#[N+]/C(C(=O)Nc1ccc[nH]1)=C1/C=C(C)SC=C1SC. The van der Waals surface area contributed by atoms with E-state index < -0.39 is 62.2 Å². The normalized spacial score (nSPS) is 16.5. The number of H-pyrrole nitrogens is 1. The number of carbonyl (C=O) groups is 2. The Morgan fingerprint density at radius 2 is 1.26 bits per heavy atom. The number of hydrogen-bond donors (Lipinski definition) is 3. The molecule has 6 heterocycles. The predicted octanol–water partition coefficient (Wildman–Crippen LogP) is 18.4. The Kier molecular flexibility index (Phi) is 25.9. The topological polar surface area (TPSA) is 226 Å². The zero-order chi connectivity index (χ0) is 74.3. The molecule has 102 heavy (non-hydrogen) atoms. The summed E-state index contributed by atoms with van der Waals surface area (Å²) in [7, 11) is -13.3. The first-order valence-electron chi connectivity index (χ1n) is 29.7. The van der Waals surface area contributed by atoms with Crippen molar-refractivity contribution in [2.75, 3.05) is 37.2 Å². The van der Waals surface area contributed by atoms with Crippen LogP contribution in [0.2, 0.25) is 0 Å². The summed E-state index contributed by atoms with van der Waals surface area (Å²) >= 11 is 7.67. The molecule has 0 saturated heterocycles. The number of aromatic amines is 1. The lowest BCUT2D eigenvalue weighted by molar-refractivity contribution is -0.113. The molecule has 2 amide bonds. The van der Waals surface area contributed by atoms with Crippen LogP contribution in [0.5, 0.6) is 0 Å². The smallest absolute Gasteiger partial charge is 0.456 e. The van der Waals surface area contributed by atoms with E-state index in [9.17, 15) is 61.2 Å². The number of nitrogens with zero attached hydrogens (tertiary/aromatic N) is 5. The third-order valence-corrected chi connectivity index (χ3v) is 25.5. The Labute approximate surface area is 606 Å². The van der Waals surface area contributed by atoms with E-state index in [1.54, 1.807) is 102 Å². The van der Waals surface area contributed by atoms with Gasteiger partial charge in [0, 0.05) is 69.2 Å². The number of anilines is 2. The molecule has 5 aliphatic rings. The molecule has 0 atom stereocenters. The maximum absolute atomic E-state index is 13.3. The summed E-state index contributed by atoms with van der Waals surface area (Å²) in [5, 5.41) is 19.3. The van der Waals surface area contributed by atoms with Crippen molar-refractivity contribution in [1.29, 1.82) is 5.26 Å². The fraction of sp³-hybridized carbons (Fsp3) is 0.155. The number of hydrogen-bond acceptors (Lipinski definition) is 16. The Morgan fingerprint density at radius 3 is 1.79 bits per heavy atom. The van der Waals surface area contributed by atoms with Crippen LogP contribution in [0.15, 0.2) is 248 Å². The maximum Gasteiger partial charge on any atom is 0.502 e. The second kappa shape index (κ2) is 33.9. The predicted molar refractivity (Wildman–Crippen MR) is 393 cm³/mol. The average molecular weight is 1540 g/mol. The zero-order valence-electron chi connectivity index (χ0n) is 54.1. The highest BCUT2D eigenvalue weighted by molar-refractivity contribution is 8.15. The number of thioether (sulfide) groups is 4. The number of nitriles is 1. The summed E-state index contributed by atoms with van der Waals surface area (Å²) in [5.41, 5.74) is -7.54. The molecule has 0 radical (unpaired) electrons. The third kappa shape index (κ3) is 18.9. The highest BCUT2D eigenvalue weighted by atomic mass is 32.3. The molecule has 6 aromatic rings. The number of fused-ring (bicyclic) bond motifs is 1. The molecule has 17 nitrogen and oxygen atoms in total. The Bertz CT molecular complexity index is 5070. The average Bonchev–Trinajstić information content (AvgIpc) is 0.785. The number of aromatic nitrogens is 1. The molecule has 2 aromatic heterocycles. The van der Waals surface area contributed by atoms with Gasteiger partial charge in [-0.25, -0.2) is 39.8 Å². The van der Waals surface area contributed by atoms with Crippen molar-refractivity contribution in [3.05, 3.63) is 300 Å². The highest BCUT2D eigenvalue weighted by Crippen LogP contribution is 2.47. The minimum absolute atomic E-state index is 0.0338. The first-order chi connectivity index (χ1) is 48.3. The van der Waals surface area contributed by atoms with Crippen LogP contribution < -0.4 is 10.6 Å². The van der Waals surface area contributed by atoms with Gasteiger partial charge in [0.2, 0.25) is 5.70 Å². The summed E-state index contributed by atoms with van der Waals surface area (Å²) in [5.74, 6) is -1.01. The van der Waals surface area contributed by atoms with Gasteiger partial charge in [-0.3, -0.25) is 9.59 Å². The van der Waals surface area contributed by atoms with Crippen molar-refractivity contribution in [3.8, 4) is 6.07 Å². The van der Waals surface area contributed by atoms with Crippen LogP contribution in [-0.4, -0.2) is 84.6 Å². The molecule has 0 fully saturated rings. The van der Waals surface area contributed by atoms with Gasteiger partial charge in [0.05, 0.1) is 36.4 Å². The Hall–Kier alpha value is -9.67. The number of nitrogens with one attached hydrogen (secondary N) is 3. The molecule has 4 aromatic carbocycles. The van der Waals surface area contributed by atoms with Crippen LogP contribution in [0.25, 0.3) is 37.3 Å². The van der Waals surface area contributed by atoms with Crippen LogP contribution in [0.4, 0.5) is 37.8 Å². The number of thiophene rings is 1. The number of amides is 2. The number of benzene rings is 4. The van der Waals surface area contributed by atoms with Gasteiger partial charge in [-0.15, -0.1) is 46.6 Å². The highest BCUT2D eigenvalue weighted by Gasteiger charge is 2.61. The van der Waals surface area contributed by atoms with E-state index in [4.69, 9.17) is 29.7 Å². The van der Waals surface area contributed by atoms with Crippen molar-refractivity contribution in [2.45, 2.75) is 52.7 Å². The number of halogens is 6. The lowest BCUT2D eigenvalue weighted by atomic mass is 9.91. The molecular formula is C71H56F6N8O9S8. The number of allylic oxidation sites excluding steroid dienone is 12. The number of alkyl halides is 6. The van der Waals surface area contributed by atoms with Crippen LogP contribution in [-0.2, 0) is 43.8 Å². The third-order valence-electron chi connectivity index (χ3n) is 14.5. The van der Waals surface area contributed by atoms with Gasteiger partial charge in [0.25, 0.3) is 42.9 Å². The van der Waals surface area contributed by atoms with Crippen molar-refractivity contribution >= 4 is 134 Å². The molecule has 31 heteroatoms. The van der Waals surface area contributed by atoms with Crippen LogP contribution in [0, 0.1) is 31.0 Å². The van der Waals surface area contributed by atoms with Gasteiger partial charge in [0.15, 0.2) is 14.1 Å². The van der Waals surface area contributed by atoms with E-state index >= 15 is 0 Å². The summed E-state index contributed by atoms with van der Waals surface area (Å²) in [6, 6.07) is 37.7. The molecule has 0 unspecified atom stereocenters. The van der Waals surface area contributed by atoms with Crippen molar-refractivity contribution < 1.29 is 65.9 Å². The first kappa shape index (κ1) is 78.1. The van der Waals surface area contributed by atoms with E-state index in [1.807, 2.05) is 91.6 Å². The molecule has 4 aliphatic heterocycles. The number of carbonyl (C=O) groups excluding carboxylic acids is 2. The van der Waals surface area contributed by atoms with Gasteiger partial charge < -0.3 is 25.3 Å². The van der Waals surface area contributed by atoms with Crippen LogP contribution in [0.1, 0.15) is 59.7 Å². The van der Waals surface area contributed by atoms with Gasteiger partial charge >= 0.3 is 11.0 Å². The summed E-state index contributed by atoms with van der Waals surface area (Å²) < 4.78 is 154. The molecule has 1 aliphatic carbocycles. The molecule has 0 saturated carbocycles. The zero-order valence-corrected chi connectivity index (χ0v) is 60.6. The van der Waals surface area contributed by atoms with Gasteiger partial charge in [0.1, 0.15) is 21.5 Å². The van der Waals surface area contributed by atoms with E-state index in [0.717, 1.165) is 55.0 Å². The number of sulfone groups is 3. The van der Waals surface area contributed by atoms with E-state index in [-0.39, 0.29) is 34.0 Å².